The molecule has 106 valence electrons. The lowest BCUT2D eigenvalue weighted by Crippen LogP contribution is -2.05. The molecule has 1 aromatic carbocycles. The summed E-state index contributed by atoms with van der Waals surface area (Å²) < 4.78 is 11.0. The number of carbonyl (C=O) groups is 1. The maximum absolute atomic E-state index is 12.5. The van der Waals surface area contributed by atoms with Crippen molar-refractivity contribution in [2.24, 2.45) is 0 Å². The van der Waals surface area contributed by atoms with E-state index >= 15 is 0 Å². The summed E-state index contributed by atoms with van der Waals surface area (Å²) in [5.41, 5.74) is 6.59. The number of methoxy groups -OCH3 is 2. The van der Waals surface area contributed by atoms with Crippen LogP contribution in [0.25, 0.3) is 0 Å². The predicted octanol–water partition coefficient (Wildman–Crippen LogP) is 3.99. The highest BCUT2D eigenvalue weighted by atomic mass is 79.9. The van der Waals surface area contributed by atoms with E-state index in [9.17, 15) is 4.79 Å². The van der Waals surface area contributed by atoms with Gasteiger partial charge in [0.2, 0.25) is 5.78 Å². The van der Waals surface area contributed by atoms with Gasteiger partial charge < -0.3 is 15.2 Å². The number of ether oxygens (including phenoxy) is 2. The lowest BCUT2D eigenvalue weighted by Gasteiger charge is -2.11. The molecule has 7 heteroatoms. The number of anilines is 1. The molecule has 4 nitrogen and oxygen atoms in total. The van der Waals surface area contributed by atoms with Crippen LogP contribution in [0.4, 0.5) is 5.69 Å². The zero-order valence-corrected chi connectivity index (χ0v) is 13.9. The molecule has 0 saturated carbocycles. The summed E-state index contributed by atoms with van der Waals surface area (Å²) in [5, 5.41) is 0.498. The first-order chi connectivity index (χ1) is 9.47. The Kier molecular flexibility index (Phi) is 4.57. The summed E-state index contributed by atoms with van der Waals surface area (Å²) in [5.74, 6) is 0.722. The van der Waals surface area contributed by atoms with Crippen molar-refractivity contribution in [3.63, 3.8) is 0 Å². The number of benzene rings is 1. The third-order valence-electron chi connectivity index (χ3n) is 2.67. The molecule has 0 atom stereocenters. The van der Waals surface area contributed by atoms with Gasteiger partial charge in [0.05, 0.1) is 33.5 Å². The molecule has 0 aliphatic carbocycles. The Labute approximate surface area is 133 Å². The molecule has 2 rings (SSSR count). The fourth-order valence-corrected chi connectivity index (χ4v) is 3.34. The number of carbonyl (C=O) groups excluding carboxylic acids is 1. The van der Waals surface area contributed by atoms with E-state index in [1.807, 2.05) is 0 Å². The first-order valence-corrected chi connectivity index (χ1v) is 7.47. The Morgan fingerprint density at radius 3 is 2.35 bits per heavy atom. The van der Waals surface area contributed by atoms with Gasteiger partial charge in [0, 0.05) is 11.8 Å². The topological polar surface area (TPSA) is 61.5 Å². The van der Waals surface area contributed by atoms with E-state index in [4.69, 9.17) is 26.8 Å². The average molecular weight is 377 g/mol. The van der Waals surface area contributed by atoms with Gasteiger partial charge in [0.15, 0.2) is 11.5 Å². The highest BCUT2D eigenvalue weighted by Crippen LogP contribution is 2.36. The molecule has 0 aliphatic heterocycles. The van der Waals surface area contributed by atoms with Crippen LogP contribution in [0.5, 0.6) is 11.5 Å². The number of nitrogen functional groups attached to an aromatic ring is 1. The number of hydrogen-bond donors (Lipinski definition) is 1. The summed E-state index contributed by atoms with van der Waals surface area (Å²) in [6, 6.07) is 4.74. The molecular weight excluding hydrogens is 366 g/mol. The minimum Gasteiger partial charge on any atom is -0.493 e. The summed E-state index contributed by atoms with van der Waals surface area (Å²) in [7, 11) is 3.01. The van der Waals surface area contributed by atoms with Gasteiger partial charge >= 0.3 is 0 Å². The van der Waals surface area contributed by atoms with Crippen molar-refractivity contribution >= 4 is 50.3 Å². The van der Waals surface area contributed by atoms with Crippen molar-refractivity contribution in [3.8, 4) is 11.5 Å². The van der Waals surface area contributed by atoms with Gasteiger partial charge in [-0.25, -0.2) is 0 Å². The number of nitrogens with two attached hydrogens (primary N) is 1. The van der Waals surface area contributed by atoms with Crippen LogP contribution in [-0.2, 0) is 0 Å². The van der Waals surface area contributed by atoms with E-state index in [1.54, 1.807) is 18.2 Å². The van der Waals surface area contributed by atoms with Crippen LogP contribution in [0.2, 0.25) is 5.02 Å². The van der Waals surface area contributed by atoms with E-state index in [0.717, 1.165) is 0 Å². The molecule has 0 saturated heterocycles. The van der Waals surface area contributed by atoms with Crippen molar-refractivity contribution in [1.29, 1.82) is 0 Å². The molecule has 0 spiro atoms. The van der Waals surface area contributed by atoms with Gasteiger partial charge in [-0.15, -0.1) is 11.3 Å². The second kappa shape index (κ2) is 6.03. The van der Waals surface area contributed by atoms with Gasteiger partial charge in [0.25, 0.3) is 0 Å². The van der Waals surface area contributed by atoms with Crippen LogP contribution in [0.1, 0.15) is 15.2 Å². The Bertz CT molecular complexity index is 652. The van der Waals surface area contributed by atoms with Crippen molar-refractivity contribution < 1.29 is 14.3 Å². The molecular formula is C13H11BrClNO3S. The van der Waals surface area contributed by atoms with Crippen LogP contribution in [0.3, 0.4) is 0 Å². The minimum absolute atomic E-state index is 0.207. The largest absolute Gasteiger partial charge is 0.493 e. The fraction of sp³-hybridized carbons (Fsp3) is 0.154. The molecule has 0 amide bonds. The number of halogens is 2. The monoisotopic (exact) mass is 375 g/mol. The van der Waals surface area contributed by atoms with E-state index in [-0.39, 0.29) is 5.78 Å². The second-order valence-corrected chi connectivity index (χ2v) is 6.63. The number of rotatable bonds is 4. The van der Waals surface area contributed by atoms with Crippen molar-refractivity contribution in [3.05, 3.63) is 37.4 Å². The summed E-state index contributed by atoms with van der Waals surface area (Å²) in [6.07, 6.45) is 0. The Hall–Kier alpha value is -1.24. The van der Waals surface area contributed by atoms with Crippen molar-refractivity contribution in [2.75, 3.05) is 20.0 Å². The summed E-state index contributed by atoms with van der Waals surface area (Å²) >= 11 is 10.5. The fourth-order valence-electron chi connectivity index (χ4n) is 1.68. The SMILES string of the molecule is COc1cc(N)c(C(=O)c2cc(Cl)c(Br)s2)cc1OC. The van der Waals surface area contributed by atoms with Crippen LogP contribution in [0, 0.1) is 0 Å². The second-order valence-electron chi connectivity index (χ2n) is 3.86. The van der Waals surface area contributed by atoms with Crippen LogP contribution >= 0.6 is 38.9 Å². The molecule has 0 unspecified atom stereocenters. The highest BCUT2D eigenvalue weighted by Gasteiger charge is 2.19. The van der Waals surface area contributed by atoms with Gasteiger partial charge in [-0.3, -0.25) is 4.79 Å². The normalized spacial score (nSPS) is 10.4. The summed E-state index contributed by atoms with van der Waals surface area (Å²) in [6.45, 7) is 0. The maximum atomic E-state index is 12.5. The zero-order valence-electron chi connectivity index (χ0n) is 10.7. The third kappa shape index (κ3) is 2.77. The first kappa shape index (κ1) is 15.2. The molecule has 2 N–H and O–H groups in total. The van der Waals surface area contributed by atoms with E-state index in [2.05, 4.69) is 15.9 Å². The Morgan fingerprint density at radius 2 is 1.85 bits per heavy atom. The van der Waals surface area contributed by atoms with Crippen molar-refractivity contribution in [2.45, 2.75) is 0 Å². The smallest absolute Gasteiger partial charge is 0.205 e. The number of hydrogen-bond acceptors (Lipinski definition) is 5. The first-order valence-electron chi connectivity index (χ1n) is 5.49. The Morgan fingerprint density at radius 1 is 1.25 bits per heavy atom. The molecule has 2 aromatic rings. The molecule has 20 heavy (non-hydrogen) atoms. The van der Waals surface area contributed by atoms with E-state index < -0.39 is 0 Å². The van der Waals surface area contributed by atoms with E-state index in [0.29, 0.717) is 36.4 Å². The maximum Gasteiger partial charge on any atom is 0.205 e. The minimum atomic E-state index is -0.207. The Balaban J connectivity index is 2.49. The molecule has 0 fully saturated rings. The van der Waals surface area contributed by atoms with Gasteiger partial charge in [-0.2, -0.15) is 0 Å². The molecule has 1 aromatic heterocycles. The predicted molar refractivity (Wildman–Crippen MR) is 84.4 cm³/mol. The van der Waals surface area contributed by atoms with E-state index in [1.165, 1.54) is 25.6 Å². The van der Waals surface area contributed by atoms with Gasteiger partial charge in [-0.1, -0.05) is 11.6 Å². The lowest BCUT2D eigenvalue weighted by atomic mass is 10.1. The number of thiophene rings is 1. The quantitative estimate of drug-likeness (QED) is 0.647. The highest BCUT2D eigenvalue weighted by molar-refractivity contribution is 9.11. The van der Waals surface area contributed by atoms with Crippen LogP contribution < -0.4 is 15.2 Å². The summed E-state index contributed by atoms with van der Waals surface area (Å²) in [4.78, 5) is 13.0. The lowest BCUT2D eigenvalue weighted by molar-refractivity contribution is 0.104. The average Bonchev–Trinajstić information content (AvgIpc) is 2.77. The molecule has 0 bridgehead atoms. The molecule has 0 aliphatic rings. The van der Waals surface area contributed by atoms with Gasteiger partial charge in [0.1, 0.15) is 0 Å². The molecule has 1 heterocycles. The standard InChI is InChI=1S/C13H11BrClNO3S/c1-18-9-3-6(8(16)5-10(9)19-2)12(17)11-4-7(15)13(14)20-11/h3-5H,16H2,1-2H3. The third-order valence-corrected chi connectivity index (χ3v) is 5.14. The van der Waals surface area contributed by atoms with Gasteiger partial charge in [-0.05, 0) is 28.1 Å². The van der Waals surface area contributed by atoms with Crippen LogP contribution in [0.15, 0.2) is 22.0 Å². The molecule has 0 radical (unpaired) electrons. The van der Waals surface area contributed by atoms with Crippen molar-refractivity contribution in [1.82, 2.24) is 0 Å². The number of ketones is 1. The zero-order chi connectivity index (χ0) is 14.9. The van der Waals surface area contributed by atoms with Crippen LogP contribution in [-0.4, -0.2) is 20.0 Å².